The Morgan fingerprint density at radius 2 is 1.62 bits per heavy atom. The predicted octanol–water partition coefficient (Wildman–Crippen LogP) is 4.34. The number of fused-ring (bicyclic) bond motifs is 2. The van der Waals surface area contributed by atoms with E-state index >= 15 is 0 Å². The topological polar surface area (TPSA) is 90.4 Å². The largest absolute Gasteiger partial charge is 0.396 e. The molecule has 1 aromatic carbocycles. The van der Waals surface area contributed by atoms with E-state index in [1.54, 1.807) is 9.80 Å². The maximum Gasteiger partial charge on any atom is 0.249 e. The number of carbonyl (C=O) groups is 3. The highest BCUT2D eigenvalue weighted by Crippen LogP contribution is 2.54. The van der Waals surface area contributed by atoms with Crippen molar-refractivity contribution in [2.75, 3.05) is 31.1 Å². The summed E-state index contributed by atoms with van der Waals surface area (Å²) >= 11 is 0. The first-order valence-electron chi connectivity index (χ1n) is 15.5. The van der Waals surface area contributed by atoms with Gasteiger partial charge in [-0.05, 0) is 50.7 Å². The quantitative estimate of drug-likeness (QED) is 0.349. The predicted molar refractivity (Wildman–Crippen MR) is 163 cm³/mol. The highest BCUT2D eigenvalue weighted by Gasteiger charge is 2.72. The summed E-state index contributed by atoms with van der Waals surface area (Å²) in [6.45, 7) is 12.1. The molecule has 1 spiro atoms. The third-order valence-corrected chi connectivity index (χ3v) is 9.23. The standard InChI is InChI=1S/C34H47N3O5/c1-32(2,3)23-33(4,5)37-21-14-18-34-27(30(40)36(28(34)31(37)41)19-11-6-7-12-22-38)26-25(42-34)17-13-20-35(29(26)39)24-15-9-8-10-16-24/h8-10,13-18,25-28,38H,6-7,11-12,19-23H2,1-5H3/t25-,26+,27+,28?,34+/m1/s1. The minimum Gasteiger partial charge on any atom is -0.396 e. The molecule has 8 nitrogen and oxygen atoms in total. The van der Waals surface area contributed by atoms with E-state index in [1.807, 2.05) is 59.5 Å². The lowest BCUT2D eigenvalue weighted by molar-refractivity contribution is -0.151. The Balaban J connectivity index is 1.54. The number of benzene rings is 1. The molecule has 3 amide bonds. The molecule has 2 saturated heterocycles. The zero-order valence-corrected chi connectivity index (χ0v) is 25.8. The summed E-state index contributed by atoms with van der Waals surface area (Å²) in [4.78, 5) is 48.8. The molecule has 0 aromatic heterocycles. The number of nitrogens with zero attached hydrogens (tertiary/aromatic N) is 3. The number of hydrogen-bond donors (Lipinski definition) is 1. The third kappa shape index (κ3) is 5.44. The Morgan fingerprint density at radius 3 is 2.31 bits per heavy atom. The number of amides is 3. The van der Waals surface area contributed by atoms with Crippen molar-refractivity contribution in [1.29, 1.82) is 0 Å². The zero-order chi connectivity index (χ0) is 30.3. The van der Waals surface area contributed by atoms with Gasteiger partial charge in [0.05, 0.1) is 17.9 Å². The lowest BCUT2D eigenvalue weighted by atomic mass is 9.77. The molecule has 42 heavy (non-hydrogen) atoms. The van der Waals surface area contributed by atoms with E-state index < -0.39 is 35.1 Å². The van der Waals surface area contributed by atoms with Crippen LogP contribution in [-0.4, -0.2) is 82.2 Å². The van der Waals surface area contributed by atoms with Crippen molar-refractivity contribution in [1.82, 2.24) is 9.80 Å². The smallest absolute Gasteiger partial charge is 0.249 e. The van der Waals surface area contributed by atoms with Crippen LogP contribution in [0.3, 0.4) is 0 Å². The lowest BCUT2D eigenvalue weighted by Crippen LogP contribution is -2.59. The molecule has 5 atom stereocenters. The second-order valence-electron chi connectivity index (χ2n) is 14.1. The molecule has 0 saturated carbocycles. The number of carbonyl (C=O) groups excluding carboxylic acids is 3. The van der Waals surface area contributed by atoms with Crippen molar-refractivity contribution in [3.8, 4) is 0 Å². The first-order valence-corrected chi connectivity index (χ1v) is 15.5. The number of rotatable bonds is 9. The van der Waals surface area contributed by atoms with Gasteiger partial charge in [0.1, 0.15) is 11.6 Å². The van der Waals surface area contributed by atoms with Crippen LogP contribution in [0, 0.1) is 17.3 Å². The van der Waals surface area contributed by atoms with Crippen LogP contribution in [0.15, 0.2) is 54.6 Å². The molecule has 0 bridgehead atoms. The van der Waals surface area contributed by atoms with Crippen molar-refractivity contribution in [3.05, 3.63) is 54.6 Å². The highest BCUT2D eigenvalue weighted by molar-refractivity contribution is 6.03. The summed E-state index contributed by atoms with van der Waals surface area (Å²) in [6.07, 6.45) is 11.1. The van der Waals surface area contributed by atoms with Gasteiger partial charge in [-0.15, -0.1) is 0 Å². The van der Waals surface area contributed by atoms with Crippen LogP contribution in [0.1, 0.15) is 66.7 Å². The molecule has 8 heteroatoms. The third-order valence-electron chi connectivity index (χ3n) is 9.23. The molecule has 2 fully saturated rings. The second-order valence-corrected chi connectivity index (χ2v) is 14.1. The Labute approximate surface area is 250 Å². The molecule has 228 valence electrons. The average molecular weight is 578 g/mol. The summed E-state index contributed by atoms with van der Waals surface area (Å²) < 4.78 is 6.81. The van der Waals surface area contributed by atoms with Crippen LogP contribution in [-0.2, 0) is 19.1 Å². The summed E-state index contributed by atoms with van der Waals surface area (Å²) in [5, 5.41) is 9.21. The molecular weight excluding hydrogens is 530 g/mol. The fraction of sp³-hybridized carbons (Fsp3) is 0.618. The van der Waals surface area contributed by atoms with E-state index in [0.717, 1.165) is 24.9 Å². The number of ether oxygens (including phenoxy) is 1. The van der Waals surface area contributed by atoms with E-state index in [0.29, 0.717) is 32.5 Å². The molecule has 0 aliphatic carbocycles. The Bertz CT molecular complexity index is 1240. The second kappa shape index (κ2) is 11.6. The van der Waals surface area contributed by atoms with Crippen LogP contribution in [0.4, 0.5) is 5.69 Å². The van der Waals surface area contributed by atoms with Gasteiger partial charge in [-0.2, -0.15) is 0 Å². The van der Waals surface area contributed by atoms with Crippen molar-refractivity contribution >= 4 is 23.4 Å². The number of aliphatic hydroxyl groups is 1. The van der Waals surface area contributed by atoms with Crippen molar-refractivity contribution in [2.24, 2.45) is 17.3 Å². The molecule has 5 rings (SSSR count). The van der Waals surface area contributed by atoms with E-state index in [-0.39, 0.29) is 29.7 Å². The summed E-state index contributed by atoms with van der Waals surface area (Å²) in [6, 6.07) is 8.68. The zero-order valence-electron chi connectivity index (χ0n) is 25.8. The molecule has 4 heterocycles. The van der Waals surface area contributed by atoms with Gasteiger partial charge < -0.3 is 24.5 Å². The molecule has 0 radical (unpaired) electrons. The molecule has 4 aliphatic rings. The average Bonchev–Trinajstić information content (AvgIpc) is 3.22. The summed E-state index contributed by atoms with van der Waals surface area (Å²) in [5.74, 6) is -1.97. The van der Waals surface area contributed by atoms with Gasteiger partial charge in [-0.3, -0.25) is 14.4 Å². The van der Waals surface area contributed by atoms with Gasteiger partial charge >= 0.3 is 0 Å². The van der Waals surface area contributed by atoms with Gasteiger partial charge in [0.15, 0.2) is 0 Å². The van der Waals surface area contributed by atoms with Crippen LogP contribution >= 0.6 is 0 Å². The molecule has 1 aromatic rings. The van der Waals surface area contributed by atoms with Crippen molar-refractivity contribution in [2.45, 2.75) is 90.0 Å². The van der Waals surface area contributed by atoms with Gasteiger partial charge in [-0.25, -0.2) is 0 Å². The minimum atomic E-state index is -1.22. The number of anilines is 1. The Morgan fingerprint density at radius 1 is 0.905 bits per heavy atom. The Kier molecular flexibility index (Phi) is 8.42. The lowest BCUT2D eigenvalue weighted by Gasteiger charge is -2.44. The van der Waals surface area contributed by atoms with Gasteiger partial charge in [0.25, 0.3) is 0 Å². The van der Waals surface area contributed by atoms with Crippen LogP contribution in [0.2, 0.25) is 0 Å². The molecule has 1 unspecified atom stereocenters. The first-order chi connectivity index (χ1) is 19.9. The first kappa shape index (κ1) is 30.5. The molecule has 4 aliphatic heterocycles. The van der Waals surface area contributed by atoms with E-state index in [1.165, 1.54) is 0 Å². The van der Waals surface area contributed by atoms with Gasteiger partial charge in [0.2, 0.25) is 17.7 Å². The van der Waals surface area contributed by atoms with E-state index in [9.17, 15) is 19.5 Å². The number of unbranched alkanes of at least 4 members (excludes halogenated alkanes) is 3. The van der Waals surface area contributed by atoms with Crippen LogP contribution in [0.25, 0.3) is 0 Å². The number of aliphatic hydroxyl groups excluding tert-OH is 1. The van der Waals surface area contributed by atoms with Crippen molar-refractivity contribution < 1.29 is 24.2 Å². The van der Waals surface area contributed by atoms with Crippen molar-refractivity contribution in [3.63, 3.8) is 0 Å². The number of hydrogen-bond acceptors (Lipinski definition) is 5. The number of likely N-dealkylation sites (tertiary alicyclic amines) is 1. The Hall–Kier alpha value is -2.97. The fourth-order valence-electron chi connectivity index (χ4n) is 7.90. The summed E-state index contributed by atoms with van der Waals surface area (Å²) in [5.41, 5.74) is -0.908. The van der Waals surface area contributed by atoms with Crippen LogP contribution in [0.5, 0.6) is 0 Å². The number of para-hydroxylation sites is 1. The van der Waals surface area contributed by atoms with Gasteiger partial charge in [0, 0.05) is 37.5 Å². The van der Waals surface area contributed by atoms with E-state index in [4.69, 9.17) is 4.74 Å². The monoisotopic (exact) mass is 577 g/mol. The van der Waals surface area contributed by atoms with Gasteiger partial charge in [-0.1, -0.05) is 76.1 Å². The molecule has 1 N–H and O–H groups in total. The fourth-order valence-corrected chi connectivity index (χ4v) is 7.90. The van der Waals surface area contributed by atoms with E-state index in [2.05, 4.69) is 34.6 Å². The maximum absolute atomic E-state index is 14.7. The molecular formula is C34H47N3O5. The minimum absolute atomic E-state index is 0.00687. The maximum atomic E-state index is 14.7. The summed E-state index contributed by atoms with van der Waals surface area (Å²) in [7, 11) is 0. The normalized spacial score (nSPS) is 29.5. The SMILES string of the molecule is CC(C)(C)CC(C)(C)N1CC=C[C@]23O[C@@H]4C=CCN(c5ccccc5)C(=O)[C@@H]4[C@H]2C(=O)N(CCCCCCO)C3C1=O. The van der Waals surface area contributed by atoms with Crippen LogP contribution < -0.4 is 4.90 Å². The highest BCUT2D eigenvalue weighted by atomic mass is 16.5.